The molecule has 4 rings (SSSR count). The molecule has 0 aliphatic heterocycles. The fraction of sp³-hybridized carbons (Fsp3) is 0.0400. The average molecular weight is 488 g/mol. The second-order valence-electron chi connectivity index (χ2n) is 6.83. The molecule has 0 saturated heterocycles. The second kappa shape index (κ2) is 9.98. The summed E-state index contributed by atoms with van der Waals surface area (Å²) in [5.41, 5.74) is 3.84. The molecule has 1 aromatic heterocycles. The van der Waals surface area contributed by atoms with Crippen LogP contribution in [0.1, 0.15) is 15.9 Å². The van der Waals surface area contributed by atoms with Crippen LogP contribution >= 0.6 is 15.9 Å². The number of Topliss-reactive ketones (excluding diaryl/α,β-unsaturated/α-hetero) is 1. The summed E-state index contributed by atoms with van der Waals surface area (Å²) in [4.78, 5) is 24.3. The predicted octanol–water partition coefficient (Wildman–Crippen LogP) is 5.14. The lowest BCUT2D eigenvalue weighted by Gasteiger charge is -2.09. The van der Waals surface area contributed by atoms with Crippen molar-refractivity contribution in [2.24, 2.45) is 0 Å². The molecular formula is C25H18BrN3O3. The van der Waals surface area contributed by atoms with E-state index in [1.54, 1.807) is 41.2 Å². The highest BCUT2D eigenvalue weighted by Gasteiger charge is 2.13. The number of ether oxygens (including phenoxy) is 1. The third-order valence-electron chi connectivity index (χ3n) is 4.69. The predicted molar refractivity (Wildman–Crippen MR) is 125 cm³/mol. The number of benzene rings is 3. The van der Waals surface area contributed by atoms with Gasteiger partial charge in [-0.25, -0.2) is 9.48 Å². The summed E-state index contributed by atoms with van der Waals surface area (Å²) in [6.45, 7) is -0.331. The van der Waals surface area contributed by atoms with Crippen LogP contribution < -0.4 is 0 Å². The van der Waals surface area contributed by atoms with E-state index in [4.69, 9.17) is 4.74 Å². The number of aromatic nitrogens is 3. The molecule has 0 unspecified atom stereocenters. The summed E-state index contributed by atoms with van der Waals surface area (Å²) >= 11 is 3.55. The molecule has 0 saturated carbocycles. The molecule has 32 heavy (non-hydrogen) atoms. The normalized spacial score (nSPS) is 10.9. The van der Waals surface area contributed by atoms with Crippen molar-refractivity contribution in [2.75, 3.05) is 6.61 Å². The van der Waals surface area contributed by atoms with Crippen LogP contribution in [-0.2, 0) is 9.53 Å². The molecule has 0 spiro atoms. The minimum Gasteiger partial charge on any atom is -0.454 e. The first-order valence-corrected chi connectivity index (χ1v) is 10.6. The number of rotatable bonds is 7. The lowest BCUT2D eigenvalue weighted by atomic mass is 10.1. The number of carbonyl (C=O) groups is 2. The molecule has 0 N–H and O–H groups in total. The summed E-state index contributed by atoms with van der Waals surface area (Å²) in [6.07, 6.45) is 4.63. The zero-order valence-electron chi connectivity index (χ0n) is 16.9. The van der Waals surface area contributed by atoms with Gasteiger partial charge in [0.1, 0.15) is 0 Å². The highest BCUT2D eigenvalue weighted by Crippen LogP contribution is 2.28. The van der Waals surface area contributed by atoms with Gasteiger partial charge in [-0.05, 0) is 42.0 Å². The maximum Gasteiger partial charge on any atom is 0.331 e. The number of carbonyl (C=O) groups excluding carboxylic acids is 2. The van der Waals surface area contributed by atoms with Crippen molar-refractivity contribution in [3.63, 3.8) is 0 Å². The minimum absolute atomic E-state index is 0.289. The highest BCUT2D eigenvalue weighted by atomic mass is 79.9. The van der Waals surface area contributed by atoms with Gasteiger partial charge < -0.3 is 4.74 Å². The Hall–Kier alpha value is -3.84. The zero-order valence-corrected chi connectivity index (χ0v) is 18.5. The summed E-state index contributed by atoms with van der Waals surface area (Å²) in [7, 11) is 0. The van der Waals surface area contributed by atoms with E-state index in [0.29, 0.717) is 5.56 Å². The summed E-state index contributed by atoms with van der Waals surface area (Å²) in [5, 5.41) is 8.19. The fourth-order valence-corrected chi connectivity index (χ4v) is 3.55. The Morgan fingerprint density at radius 3 is 2.41 bits per heavy atom. The standard InChI is InChI=1S/C25H18BrN3O3/c26-22-9-5-4-8-21(22)23-16-27-28-29(23)20-13-11-19(12-14-20)24(30)17-32-25(31)15-10-18-6-2-1-3-7-18/h1-16H,17H2/b15-10-. The number of ketones is 1. The quantitative estimate of drug-likeness (QED) is 0.205. The first-order chi connectivity index (χ1) is 15.6. The first kappa shape index (κ1) is 21.4. The third kappa shape index (κ3) is 5.07. The monoisotopic (exact) mass is 487 g/mol. The van der Waals surface area contributed by atoms with Gasteiger partial charge in [0.2, 0.25) is 0 Å². The van der Waals surface area contributed by atoms with Gasteiger partial charge in [-0.2, -0.15) is 0 Å². The van der Waals surface area contributed by atoms with E-state index in [1.807, 2.05) is 54.6 Å². The molecule has 1 heterocycles. The SMILES string of the molecule is O=C(/C=C\c1ccccc1)OCC(=O)c1ccc(-n2nncc2-c2ccccc2Br)cc1. The lowest BCUT2D eigenvalue weighted by molar-refractivity contribution is -0.136. The molecule has 4 aromatic rings. The van der Waals surface area contributed by atoms with E-state index in [2.05, 4.69) is 26.2 Å². The Kier molecular flexibility index (Phi) is 6.67. The molecule has 0 bridgehead atoms. The number of esters is 1. The van der Waals surface area contributed by atoms with Crippen molar-refractivity contribution in [3.05, 3.63) is 107 Å². The summed E-state index contributed by atoms with van der Waals surface area (Å²) < 4.78 is 7.69. The van der Waals surface area contributed by atoms with Crippen molar-refractivity contribution in [3.8, 4) is 16.9 Å². The van der Waals surface area contributed by atoms with E-state index in [1.165, 1.54) is 6.08 Å². The van der Waals surface area contributed by atoms with E-state index in [-0.39, 0.29) is 12.4 Å². The smallest absolute Gasteiger partial charge is 0.331 e. The molecule has 0 aliphatic rings. The van der Waals surface area contributed by atoms with Crippen molar-refractivity contribution >= 4 is 33.8 Å². The molecule has 7 heteroatoms. The molecule has 0 fully saturated rings. The van der Waals surface area contributed by atoms with Crippen molar-refractivity contribution in [2.45, 2.75) is 0 Å². The van der Waals surface area contributed by atoms with Crippen LogP contribution in [0.2, 0.25) is 0 Å². The largest absolute Gasteiger partial charge is 0.454 e. The molecule has 0 aliphatic carbocycles. The fourth-order valence-electron chi connectivity index (χ4n) is 3.06. The van der Waals surface area contributed by atoms with Crippen LogP contribution in [0.5, 0.6) is 0 Å². The van der Waals surface area contributed by atoms with Crippen LogP contribution in [-0.4, -0.2) is 33.4 Å². The Bertz CT molecular complexity index is 1270. The van der Waals surface area contributed by atoms with Crippen molar-refractivity contribution in [1.82, 2.24) is 15.0 Å². The van der Waals surface area contributed by atoms with Crippen molar-refractivity contribution < 1.29 is 14.3 Å². The van der Waals surface area contributed by atoms with Crippen LogP contribution in [0.4, 0.5) is 0 Å². The van der Waals surface area contributed by atoms with Gasteiger partial charge in [-0.3, -0.25) is 4.79 Å². The molecule has 3 aromatic carbocycles. The number of halogens is 1. The molecule has 0 radical (unpaired) electrons. The van der Waals surface area contributed by atoms with Gasteiger partial charge in [-0.1, -0.05) is 69.7 Å². The van der Waals surface area contributed by atoms with Gasteiger partial charge in [0, 0.05) is 21.7 Å². The van der Waals surface area contributed by atoms with E-state index < -0.39 is 5.97 Å². The minimum atomic E-state index is -0.570. The lowest BCUT2D eigenvalue weighted by Crippen LogP contribution is -2.12. The Morgan fingerprint density at radius 2 is 1.66 bits per heavy atom. The number of nitrogens with zero attached hydrogens (tertiary/aromatic N) is 3. The molecule has 158 valence electrons. The Morgan fingerprint density at radius 1 is 0.938 bits per heavy atom. The number of hydrogen-bond donors (Lipinski definition) is 0. The Labute approximate surface area is 193 Å². The van der Waals surface area contributed by atoms with Crippen LogP contribution in [0.15, 0.2) is 95.6 Å². The number of hydrogen-bond acceptors (Lipinski definition) is 5. The van der Waals surface area contributed by atoms with Gasteiger partial charge >= 0.3 is 5.97 Å². The first-order valence-electron chi connectivity index (χ1n) is 9.81. The van der Waals surface area contributed by atoms with Gasteiger partial charge in [0.15, 0.2) is 12.4 Å². The maximum absolute atomic E-state index is 12.4. The molecular weight excluding hydrogens is 470 g/mol. The zero-order chi connectivity index (χ0) is 22.3. The van der Waals surface area contributed by atoms with Crippen LogP contribution in [0.3, 0.4) is 0 Å². The van der Waals surface area contributed by atoms with E-state index >= 15 is 0 Å². The van der Waals surface area contributed by atoms with Gasteiger partial charge in [0.25, 0.3) is 0 Å². The van der Waals surface area contributed by atoms with E-state index in [0.717, 1.165) is 27.0 Å². The van der Waals surface area contributed by atoms with Crippen LogP contribution in [0, 0.1) is 0 Å². The summed E-state index contributed by atoms with van der Waals surface area (Å²) in [6, 6.07) is 24.1. The topological polar surface area (TPSA) is 74.1 Å². The average Bonchev–Trinajstić information content (AvgIpc) is 3.32. The van der Waals surface area contributed by atoms with Gasteiger partial charge in [0.05, 0.1) is 17.6 Å². The molecule has 0 amide bonds. The third-order valence-corrected chi connectivity index (χ3v) is 5.38. The summed E-state index contributed by atoms with van der Waals surface area (Å²) in [5.74, 6) is -0.859. The second-order valence-corrected chi connectivity index (χ2v) is 7.69. The van der Waals surface area contributed by atoms with Crippen LogP contribution in [0.25, 0.3) is 23.0 Å². The Balaban J connectivity index is 1.41. The van der Waals surface area contributed by atoms with Crippen molar-refractivity contribution in [1.29, 1.82) is 0 Å². The molecule has 0 atom stereocenters. The molecule has 6 nitrogen and oxygen atoms in total. The van der Waals surface area contributed by atoms with E-state index in [9.17, 15) is 9.59 Å². The van der Waals surface area contributed by atoms with Gasteiger partial charge in [-0.15, -0.1) is 5.10 Å². The highest BCUT2D eigenvalue weighted by molar-refractivity contribution is 9.10. The maximum atomic E-state index is 12.4.